The van der Waals surface area contributed by atoms with Crippen LogP contribution < -0.4 is 5.73 Å². The zero-order chi connectivity index (χ0) is 13.2. The molecule has 3 rings (SSSR count). The first kappa shape index (κ1) is 11.0. The van der Waals surface area contributed by atoms with Crippen molar-refractivity contribution in [1.29, 1.82) is 0 Å². The number of H-pyrrole nitrogens is 2. The van der Waals surface area contributed by atoms with Gasteiger partial charge in [-0.2, -0.15) is 20.6 Å². The van der Waals surface area contributed by atoms with E-state index in [1.807, 2.05) is 6.07 Å². The maximum absolute atomic E-state index is 11.2. The molecule has 1 aromatic carbocycles. The molecule has 3 aromatic rings. The number of aromatic nitrogens is 7. The molecule has 0 aliphatic rings. The molecule has 0 radical (unpaired) electrons. The Balaban J connectivity index is 2.09. The van der Waals surface area contributed by atoms with Crippen molar-refractivity contribution < 1.29 is 4.79 Å². The zero-order valence-electron chi connectivity index (χ0n) is 9.53. The molecule has 0 spiro atoms. The molecule has 0 aliphatic carbocycles. The predicted molar refractivity (Wildman–Crippen MR) is 63.5 cm³/mol. The molecule has 0 bridgehead atoms. The van der Waals surface area contributed by atoms with Crippen LogP contribution in [0, 0.1) is 0 Å². The smallest absolute Gasteiger partial charge is 0.271 e. The average Bonchev–Trinajstić information content (AvgIpc) is 3.10. The van der Waals surface area contributed by atoms with Gasteiger partial charge in [-0.25, -0.2) is 0 Å². The fraction of sp³-hybridized carbons (Fsp3) is 0. The Hall–Kier alpha value is -3.10. The van der Waals surface area contributed by atoms with Gasteiger partial charge in [0.1, 0.15) is 5.69 Å². The second kappa shape index (κ2) is 4.29. The average molecular weight is 256 g/mol. The van der Waals surface area contributed by atoms with E-state index in [0.29, 0.717) is 17.1 Å². The van der Waals surface area contributed by atoms with Crippen molar-refractivity contribution in [2.45, 2.75) is 0 Å². The lowest BCUT2D eigenvalue weighted by Crippen LogP contribution is -2.12. The highest BCUT2D eigenvalue weighted by molar-refractivity contribution is 5.96. The van der Waals surface area contributed by atoms with E-state index in [0.717, 1.165) is 5.56 Å². The van der Waals surface area contributed by atoms with E-state index in [1.165, 1.54) is 0 Å². The molecule has 4 N–H and O–H groups in total. The van der Waals surface area contributed by atoms with Crippen LogP contribution in [0.1, 0.15) is 10.5 Å². The highest BCUT2D eigenvalue weighted by Crippen LogP contribution is 2.23. The maximum atomic E-state index is 11.2. The van der Waals surface area contributed by atoms with Gasteiger partial charge in [0, 0.05) is 11.1 Å². The van der Waals surface area contributed by atoms with Crippen LogP contribution in [-0.2, 0) is 0 Å². The fourth-order valence-electron chi connectivity index (χ4n) is 1.69. The van der Waals surface area contributed by atoms with Gasteiger partial charge in [0.15, 0.2) is 5.69 Å². The van der Waals surface area contributed by atoms with E-state index in [2.05, 4.69) is 36.0 Å². The molecular formula is C10H8N8O. The van der Waals surface area contributed by atoms with Crippen LogP contribution in [0.4, 0.5) is 0 Å². The van der Waals surface area contributed by atoms with Crippen molar-refractivity contribution in [2.75, 3.05) is 0 Å². The fourth-order valence-corrected chi connectivity index (χ4v) is 1.69. The van der Waals surface area contributed by atoms with Gasteiger partial charge in [-0.1, -0.05) is 18.2 Å². The summed E-state index contributed by atoms with van der Waals surface area (Å²) in [6, 6.07) is 7.17. The number of carbonyl (C=O) groups is 1. The van der Waals surface area contributed by atoms with Crippen LogP contribution in [0.15, 0.2) is 24.3 Å². The Labute approximate surface area is 106 Å². The number of primary amides is 1. The van der Waals surface area contributed by atoms with Gasteiger partial charge in [-0.15, -0.1) is 10.2 Å². The van der Waals surface area contributed by atoms with Crippen molar-refractivity contribution in [3.8, 4) is 22.6 Å². The Bertz CT molecular complexity index is 717. The van der Waals surface area contributed by atoms with E-state index in [1.54, 1.807) is 18.2 Å². The molecule has 0 unspecified atom stereocenters. The standard InChI is InChI=1S/C10H8N8O/c11-9(19)8-7(12-16-13-8)5-2-1-3-6(4-5)10-14-17-18-15-10/h1-4H,(H2,11,19)(H,12,13,16)(H,14,15,17,18). The van der Waals surface area contributed by atoms with E-state index < -0.39 is 5.91 Å². The van der Waals surface area contributed by atoms with Crippen molar-refractivity contribution in [3.63, 3.8) is 0 Å². The molecule has 0 saturated carbocycles. The third kappa shape index (κ3) is 1.92. The van der Waals surface area contributed by atoms with E-state index in [9.17, 15) is 4.79 Å². The minimum atomic E-state index is -0.645. The summed E-state index contributed by atoms with van der Waals surface area (Å²) in [6.45, 7) is 0. The van der Waals surface area contributed by atoms with Crippen LogP contribution in [-0.4, -0.2) is 41.9 Å². The number of tetrazole rings is 1. The number of amides is 1. The van der Waals surface area contributed by atoms with Crippen molar-refractivity contribution in [1.82, 2.24) is 36.0 Å². The molecule has 2 aromatic heterocycles. The monoisotopic (exact) mass is 256 g/mol. The molecule has 94 valence electrons. The first-order valence-corrected chi connectivity index (χ1v) is 5.30. The number of rotatable bonds is 3. The number of nitrogens with zero attached hydrogens (tertiary/aromatic N) is 5. The third-order valence-electron chi connectivity index (χ3n) is 2.52. The number of nitrogens with one attached hydrogen (secondary N) is 2. The van der Waals surface area contributed by atoms with Gasteiger partial charge in [0.2, 0.25) is 5.82 Å². The first-order valence-electron chi connectivity index (χ1n) is 5.30. The highest BCUT2D eigenvalue weighted by atomic mass is 16.1. The molecule has 19 heavy (non-hydrogen) atoms. The van der Waals surface area contributed by atoms with Crippen LogP contribution in [0.2, 0.25) is 0 Å². The van der Waals surface area contributed by atoms with Gasteiger partial charge in [0.05, 0.1) is 0 Å². The molecule has 0 aliphatic heterocycles. The van der Waals surface area contributed by atoms with Gasteiger partial charge < -0.3 is 5.73 Å². The minimum absolute atomic E-state index is 0.0882. The Morgan fingerprint density at radius 3 is 2.68 bits per heavy atom. The summed E-state index contributed by atoms with van der Waals surface area (Å²) in [5.74, 6) is -0.195. The third-order valence-corrected chi connectivity index (χ3v) is 2.52. The Morgan fingerprint density at radius 1 is 1.11 bits per heavy atom. The largest absolute Gasteiger partial charge is 0.364 e. The topological polar surface area (TPSA) is 139 Å². The number of benzene rings is 1. The summed E-state index contributed by atoms with van der Waals surface area (Å²) in [4.78, 5) is 11.2. The van der Waals surface area contributed by atoms with E-state index >= 15 is 0 Å². The quantitative estimate of drug-likeness (QED) is 0.590. The number of aromatic amines is 2. The lowest BCUT2D eigenvalue weighted by Gasteiger charge is -2.00. The highest BCUT2D eigenvalue weighted by Gasteiger charge is 2.15. The van der Waals surface area contributed by atoms with Gasteiger partial charge >= 0.3 is 0 Å². The minimum Gasteiger partial charge on any atom is -0.364 e. The van der Waals surface area contributed by atoms with Crippen LogP contribution in [0.5, 0.6) is 0 Å². The number of nitrogens with two attached hydrogens (primary N) is 1. The molecule has 0 saturated heterocycles. The van der Waals surface area contributed by atoms with Crippen LogP contribution >= 0.6 is 0 Å². The van der Waals surface area contributed by atoms with Gasteiger partial charge in [0.25, 0.3) is 5.91 Å². The zero-order valence-corrected chi connectivity index (χ0v) is 9.53. The Morgan fingerprint density at radius 2 is 1.95 bits per heavy atom. The SMILES string of the molecule is NC(=O)c1n[nH]nc1-c1cccc(-c2nn[nH]n2)c1. The number of carbonyl (C=O) groups excluding carboxylic acids is 1. The van der Waals surface area contributed by atoms with Crippen LogP contribution in [0.3, 0.4) is 0 Å². The molecule has 0 atom stereocenters. The molecule has 9 heteroatoms. The molecule has 9 nitrogen and oxygen atoms in total. The Kier molecular flexibility index (Phi) is 2.49. The molecular weight excluding hydrogens is 248 g/mol. The number of hydrogen-bond acceptors (Lipinski definition) is 6. The molecule has 0 fully saturated rings. The van der Waals surface area contributed by atoms with E-state index in [-0.39, 0.29) is 5.69 Å². The molecule has 1 amide bonds. The predicted octanol–water partition coefficient (Wildman–Crippen LogP) is -0.249. The van der Waals surface area contributed by atoms with E-state index in [4.69, 9.17) is 5.73 Å². The van der Waals surface area contributed by atoms with Gasteiger partial charge in [-0.05, 0) is 11.3 Å². The molecule has 2 heterocycles. The lowest BCUT2D eigenvalue weighted by molar-refractivity contribution is 0.0996. The van der Waals surface area contributed by atoms with Crippen molar-refractivity contribution in [2.24, 2.45) is 5.73 Å². The summed E-state index contributed by atoms with van der Waals surface area (Å²) in [7, 11) is 0. The summed E-state index contributed by atoms with van der Waals surface area (Å²) in [6.07, 6.45) is 0. The summed E-state index contributed by atoms with van der Waals surface area (Å²) in [5.41, 5.74) is 7.13. The summed E-state index contributed by atoms with van der Waals surface area (Å²) >= 11 is 0. The second-order valence-electron chi connectivity index (χ2n) is 3.70. The summed E-state index contributed by atoms with van der Waals surface area (Å²) in [5, 5.41) is 23.7. The van der Waals surface area contributed by atoms with Crippen molar-refractivity contribution in [3.05, 3.63) is 30.0 Å². The second-order valence-corrected chi connectivity index (χ2v) is 3.70. The van der Waals surface area contributed by atoms with Crippen LogP contribution in [0.25, 0.3) is 22.6 Å². The summed E-state index contributed by atoms with van der Waals surface area (Å²) < 4.78 is 0. The normalized spacial score (nSPS) is 10.5. The first-order chi connectivity index (χ1) is 9.25. The maximum Gasteiger partial charge on any atom is 0.271 e. The number of hydrogen-bond donors (Lipinski definition) is 3. The van der Waals surface area contributed by atoms with Gasteiger partial charge in [-0.3, -0.25) is 4.79 Å². The lowest BCUT2D eigenvalue weighted by atomic mass is 10.1. The van der Waals surface area contributed by atoms with Crippen molar-refractivity contribution >= 4 is 5.91 Å².